The average molecular weight is 346 g/mol. The summed E-state index contributed by atoms with van der Waals surface area (Å²) in [6.07, 6.45) is 0. The van der Waals surface area contributed by atoms with Crippen molar-refractivity contribution in [2.75, 3.05) is 6.54 Å². The van der Waals surface area contributed by atoms with Gasteiger partial charge in [0.2, 0.25) is 0 Å². The van der Waals surface area contributed by atoms with Crippen LogP contribution in [-0.2, 0) is 6.54 Å². The average Bonchev–Trinajstić information content (AvgIpc) is 2.84. The van der Waals surface area contributed by atoms with Gasteiger partial charge in [0.05, 0.1) is 11.0 Å². The van der Waals surface area contributed by atoms with Crippen LogP contribution in [0.2, 0.25) is 0 Å². The van der Waals surface area contributed by atoms with Crippen molar-refractivity contribution in [1.29, 1.82) is 0 Å². The van der Waals surface area contributed by atoms with E-state index < -0.39 is 0 Å². The number of nitrogens with one attached hydrogen (secondary N) is 1. The zero-order chi connectivity index (χ0) is 15.0. The molecule has 0 fully saturated rings. The smallest absolute Gasteiger partial charge is 0.149 e. The van der Waals surface area contributed by atoms with Crippen LogP contribution in [0.25, 0.3) is 21.7 Å². The van der Waals surface area contributed by atoms with Crippen LogP contribution in [0.3, 0.4) is 0 Å². The van der Waals surface area contributed by atoms with Crippen molar-refractivity contribution >= 4 is 37.7 Å². The van der Waals surface area contributed by atoms with Gasteiger partial charge in [0.1, 0.15) is 11.3 Å². The Kier molecular flexibility index (Phi) is 4.05. The molecule has 0 aliphatic heterocycles. The van der Waals surface area contributed by atoms with Crippen LogP contribution in [0.5, 0.6) is 0 Å². The lowest BCUT2D eigenvalue weighted by Gasteiger charge is -2.07. The molecule has 0 amide bonds. The maximum atomic E-state index is 6.19. The Morgan fingerprint density at radius 2 is 1.95 bits per heavy atom. The van der Waals surface area contributed by atoms with Gasteiger partial charge in [-0.05, 0) is 45.2 Å². The summed E-state index contributed by atoms with van der Waals surface area (Å²) in [6.45, 7) is 8.28. The molecule has 0 aliphatic carbocycles. The molecule has 1 heterocycles. The quantitative estimate of drug-likeness (QED) is 0.667. The van der Waals surface area contributed by atoms with Crippen LogP contribution >= 0.6 is 15.9 Å². The Bertz CT molecular complexity index is 789. The molecule has 3 aromatic rings. The monoisotopic (exact) mass is 345 g/mol. The molecular weight excluding hydrogens is 326 g/mol. The Balaban J connectivity index is 2.32. The summed E-state index contributed by atoms with van der Waals surface area (Å²) in [7, 11) is 0. The minimum absolute atomic E-state index is 0.438. The van der Waals surface area contributed by atoms with Crippen molar-refractivity contribution in [2.45, 2.75) is 33.2 Å². The van der Waals surface area contributed by atoms with E-state index in [1.807, 2.05) is 0 Å². The third kappa shape index (κ3) is 2.49. The van der Waals surface area contributed by atoms with E-state index in [1.165, 1.54) is 21.7 Å². The first kappa shape index (κ1) is 14.6. The maximum Gasteiger partial charge on any atom is 0.149 e. The van der Waals surface area contributed by atoms with Gasteiger partial charge in [-0.2, -0.15) is 0 Å². The lowest BCUT2D eigenvalue weighted by molar-refractivity contribution is 0.509. The summed E-state index contributed by atoms with van der Waals surface area (Å²) in [4.78, 5) is 0. The molecule has 0 bridgehead atoms. The molecule has 2 nitrogen and oxygen atoms in total. The Morgan fingerprint density at radius 3 is 2.67 bits per heavy atom. The normalized spacial score (nSPS) is 11.9. The molecule has 1 aromatic heterocycles. The summed E-state index contributed by atoms with van der Waals surface area (Å²) in [6, 6.07) is 10.7. The maximum absolute atomic E-state index is 6.19. The lowest BCUT2D eigenvalue weighted by atomic mass is 9.97. The van der Waals surface area contributed by atoms with E-state index in [1.54, 1.807) is 0 Å². The van der Waals surface area contributed by atoms with E-state index in [4.69, 9.17) is 4.42 Å². The van der Waals surface area contributed by atoms with Crippen LogP contribution < -0.4 is 5.32 Å². The number of benzene rings is 2. The Labute approximate surface area is 133 Å². The third-order valence-electron chi connectivity index (χ3n) is 3.87. The highest BCUT2D eigenvalue weighted by atomic mass is 79.9. The zero-order valence-corrected chi connectivity index (χ0v) is 14.3. The molecule has 3 rings (SSSR count). The van der Waals surface area contributed by atoms with Crippen molar-refractivity contribution in [3.05, 3.63) is 46.1 Å². The van der Waals surface area contributed by atoms with E-state index in [-0.39, 0.29) is 0 Å². The number of rotatable bonds is 4. The molecule has 0 spiro atoms. The SMILES string of the molecule is CCNCc1oc2c(Br)c3ccccc3cc2c1C(C)C. The molecule has 0 atom stereocenters. The van der Waals surface area contributed by atoms with Crippen molar-refractivity contribution in [3.63, 3.8) is 0 Å². The fourth-order valence-electron chi connectivity index (χ4n) is 2.92. The van der Waals surface area contributed by atoms with Crippen molar-refractivity contribution in [1.82, 2.24) is 5.32 Å². The summed E-state index contributed by atoms with van der Waals surface area (Å²) in [5, 5.41) is 7.04. The number of hydrogen-bond donors (Lipinski definition) is 1. The highest BCUT2D eigenvalue weighted by molar-refractivity contribution is 9.10. The molecule has 0 unspecified atom stereocenters. The van der Waals surface area contributed by atoms with E-state index in [2.05, 4.69) is 72.3 Å². The molecule has 0 saturated carbocycles. The fraction of sp³-hybridized carbons (Fsp3) is 0.333. The number of hydrogen-bond acceptors (Lipinski definition) is 2. The van der Waals surface area contributed by atoms with Gasteiger partial charge < -0.3 is 9.73 Å². The van der Waals surface area contributed by atoms with Crippen LogP contribution in [0.4, 0.5) is 0 Å². The molecule has 3 heteroatoms. The van der Waals surface area contributed by atoms with Gasteiger partial charge in [-0.25, -0.2) is 0 Å². The first-order chi connectivity index (χ1) is 10.1. The molecule has 0 saturated heterocycles. The largest absolute Gasteiger partial charge is 0.458 e. The number of fused-ring (bicyclic) bond motifs is 2. The molecule has 110 valence electrons. The van der Waals surface area contributed by atoms with Crippen molar-refractivity contribution in [3.8, 4) is 0 Å². The first-order valence-corrected chi connectivity index (χ1v) is 8.26. The van der Waals surface area contributed by atoms with Gasteiger partial charge in [0.15, 0.2) is 0 Å². The van der Waals surface area contributed by atoms with Gasteiger partial charge in [0, 0.05) is 10.9 Å². The van der Waals surface area contributed by atoms with Gasteiger partial charge in [0.25, 0.3) is 0 Å². The highest BCUT2D eigenvalue weighted by Gasteiger charge is 2.19. The molecule has 0 radical (unpaired) electrons. The van der Waals surface area contributed by atoms with E-state index in [0.717, 1.165) is 28.9 Å². The summed E-state index contributed by atoms with van der Waals surface area (Å²) >= 11 is 3.73. The van der Waals surface area contributed by atoms with Crippen molar-refractivity contribution < 1.29 is 4.42 Å². The first-order valence-electron chi connectivity index (χ1n) is 7.46. The second-order valence-corrected chi connectivity index (χ2v) is 6.46. The zero-order valence-electron chi connectivity index (χ0n) is 12.7. The summed E-state index contributed by atoms with van der Waals surface area (Å²) in [5.41, 5.74) is 2.28. The summed E-state index contributed by atoms with van der Waals surface area (Å²) in [5.74, 6) is 1.49. The molecular formula is C18H20BrNO. The minimum Gasteiger partial charge on any atom is -0.458 e. The van der Waals surface area contributed by atoms with Crippen LogP contribution in [-0.4, -0.2) is 6.54 Å². The predicted molar refractivity (Wildman–Crippen MR) is 92.9 cm³/mol. The van der Waals surface area contributed by atoms with Crippen LogP contribution in [0.15, 0.2) is 39.2 Å². The Hall–Kier alpha value is -1.32. The molecule has 1 N–H and O–H groups in total. The second-order valence-electron chi connectivity index (χ2n) is 5.66. The lowest BCUT2D eigenvalue weighted by Crippen LogP contribution is -2.12. The fourth-order valence-corrected chi connectivity index (χ4v) is 3.57. The second kappa shape index (κ2) is 5.82. The molecule has 2 aromatic carbocycles. The Morgan fingerprint density at radius 1 is 1.19 bits per heavy atom. The molecule has 21 heavy (non-hydrogen) atoms. The van der Waals surface area contributed by atoms with Crippen LogP contribution in [0, 0.1) is 0 Å². The van der Waals surface area contributed by atoms with Gasteiger partial charge >= 0.3 is 0 Å². The topological polar surface area (TPSA) is 25.2 Å². The van der Waals surface area contributed by atoms with E-state index in [0.29, 0.717) is 5.92 Å². The predicted octanol–water partition coefficient (Wildman–Crippen LogP) is 5.58. The van der Waals surface area contributed by atoms with E-state index >= 15 is 0 Å². The highest BCUT2D eigenvalue weighted by Crippen LogP contribution is 2.39. The van der Waals surface area contributed by atoms with Crippen molar-refractivity contribution in [2.24, 2.45) is 0 Å². The van der Waals surface area contributed by atoms with Crippen LogP contribution in [0.1, 0.15) is 38.0 Å². The van der Waals surface area contributed by atoms with E-state index in [9.17, 15) is 0 Å². The third-order valence-corrected chi connectivity index (χ3v) is 4.66. The van der Waals surface area contributed by atoms with Gasteiger partial charge in [-0.15, -0.1) is 0 Å². The summed E-state index contributed by atoms with van der Waals surface area (Å²) < 4.78 is 7.25. The van der Waals surface area contributed by atoms with Gasteiger partial charge in [-0.3, -0.25) is 0 Å². The number of halogens is 1. The number of furan rings is 1. The minimum atomic E-state index is 0.438. The van der Waals surface area contributed by atoms with Gasteiger partial charge in [-0.1, -0.05) is 45.0 Å². The molecule has 0 aliphatic rings. The standard InChI is InChI=1S/C18H20BrNO/c1-4-20-10-15-16(11(2)3)14-9-12-7-5-6-8-13(12)17(19)18(14)21-15/h5-9,11,20H,4,10H2,1-3H3.